The minimum absolute atomic E-state index is 0.374. The molecule has 20 heavy (non-hydrogen) atoms. The molecule has 0 aliphatic heterocycles. The number of benzene rings is 2. The highest BCUT2D eigenvalue weighted by Gasteiger charge is 1.98. The summed E-state index contributed by atoms with van der Waals surface area (Å²) in [6, 6.07) is 13.5. The maximum absolute atomic E-state index is 9.16. The van der Waals surface area contributed by atoms with Crippen molar-refractivity contribution in [2.24, 2.45) is 0 Å². The van der Waals surface area contributed by atoms with Crippen LogP contribution in [-0.2, 0) is 12.8 Å². The maximum atomic E-state index is 9.16. The first-order valence-electron chi connectivity index (χ1n) is 6.95. The number of terminal acetylenes is 1. The summed E-state index contributed by atoms with van der Waals surface area (Å²) >= 11 is 0. The number of rotatable bonds is 2. The quantitative estimate of drug-likeness (QED) is 0.794. The van der Waals surface area contributed by atoms with Crippen molar-refractivity contribution in [3.8, 4) is 18.1 Å². The number of hydrogen-bond donors (Lipinski definition) is 1. The second-order valence-electron chi connectivity index (χ2n) is 4.62. The van der Waals surface area contributed by atoms with Gasteiger partial charge in [-0.15, -0.1) is 6.42 Å². The maximum Gasteiger partial charge on any atom is 0.115 e. The van der Waals surface area contributed by atoms with Gasteiger partial charge in [0.2, 0.25) is 0 Å². The molecule has 0 spiro atoms. The highest BCUT2D eigenvalue weighted by molar-refractivity contribution is 5.38. The van der Waals surface area contributed by atoms with E-state index in [0.29, 0.717) is 5.75 Å². The van der Waals surface area contributed by atoms with Gasteiger partial charge in [0.1, 0.15) is 5.75 Å². The normalized spacial score (nSPS) is 9.30. The number of aromatic hydroxyl groups is 1. The fourth-order valence-electron chi connectivity index (χ4n) is 2.02. The van der Waals surface area contributed by atoms with E-state index < -0.39 is 0 Å². The third kappa shape index (κ3) is 4.48. The van der Waals surface area contributed by atoms with Gasteiger partial charge in [-0.1, -0.05) is 44.0 Å². The van der Waals surface area contributed by atoms with E-state index in [0.717, 1.165) is 18.4 Å². The molecule has 2 aromatic rings. The van der Waals surface area contributed by atoms with E-state index in [1.807, 2.05) is 43.3 Å². The zero-order chi connectivity index (χ0) is 15.0. The summed E-state index contributed by atoms with van der Waals surface area (Å²) in [5, 5.41) is 9.16. The molecule has 0 unspecified atom stereocenters. The summed E-state index contributed by atoms with van der Waals surface area (Å²) in [7, 11) is 0. The third-order valence-electron chi connectivity index (χ3n) is 3.25. The van der Waals surface area contributed by atoms with Gasteiger partial charge in [-0.25, -0.2) is 0 Å². The molecule has 1 nitrogen and oxygen atoms in total. The van der Waals surface area contributed by atoms with E-state index in [9.17, 15) is 0 Å². The van der Waals surface area contributed by atoms with Crippen molar-refractivity contribution in [3.05, 3.63) is 64.7 Å². The first-order chi connectivity index (χ1) is 9.62. The zero-order valence-corrected chi connectivity index (χ0v) is 12.5. The summed E-state index contributed by atoms with van der Waals surface area (Å²) in [4.78, 5) is 0. The molecule has 0 heterocycles. The van der Waals surface area contributed by atoms with Crippen molar-refractivity contribution in [2.45, 2.75) is 33.6 Å². The molecule has 0 bridgehead atoms. The molecule has 0 aliphatic carbocycles. The van der Waals surface area contributed by atoms with Crippen LogP contribution in [0.1, 0.15) is 36.1 Å². The Morgan fingerprint density at radius 1 is 1.00 bits per heavy atom. The van der Waals surface area contributed by atoms with E-state index in [4.69, 9.17) is 11.5 Å². The van der Waals surface area contributed by atoms with Gasteiger partial charge in [0.15, 0.2) is 0 Å². The number of phenols is 1. The molecule has 2 aromatic carbocycles. The summed E-state index contributed by atoms with van der Waals surface area (Å²) in [5.74, 6) is 2.97. The Bertz CT molecular complexity index is 591. The Morgan fingerprint density at radius 3 is 2.15 bits per heavy atom. The predicted octanol–water partition coefficient (Wildman–Crippen LogP) is 4.49. The lowest BCUT2D eigenvalue weighted by Gasteiger charge is -2.04. The molecular weight excluding hydrogens is 244 g/mol. The molecule has 0 aliphatic rings. The monoisotopic (exact) mass is 266 g/mol. The fraction of sp³-hybridized carbons (Fsp3) is 0.263. The molecule has 0 saturated carbocycles. The Balaban J connectivity index is 0.000000204. The van der Waals surface area contributed by atoms with Crippen molar-refractivity contribution in [3.63, 3.8) is 0 Å². The van der Waals surface area contributed by atoms with E-state index >= 15 is 0 Å². The Morgan fingerprint density at radius 2 is 1.65 bits per heavy atom. The van der Waals surface area contributed by atoms with Gasteiger partial charge < -0.3 is 5.11 Å². The summed E-state index contributed by atoms with van der Waals surface area (Å²) in [6.07, 6.45) is 7.24. The Kier molecular flexibility index (Phi) is 6.40. The van der Waals surface area contributed by atoms with Gasteiger partial charge in [-0.2, -0.15) is 0 Å². The summed E-state index contributed by atoms with van der Waals surface area (Å²) in [5.41, 5.74) is 4.75. The predicted molar refractivity (Wildman–Crippen MR) is 86.0 cm³/mol. The van der Waals surface area contributed by atoms with Crippen LogP contribution < -0.4 is 0 Å². The van der Waals surface area contributed by atoms with Crippen LogP contribution in [0.25, 0.3) is 0 Å². The minimum atomic E-state index is 0.374. The summed E-state index contributed by atoms with van der Waals surface area (Å²) < 4.78 is 0. The Labute approximate surface area is 122 Å². The third-order valence-corrected chi connectivity index (χ3v) is 3.25. The lowest BCUT2D eigenvalue weighted by Crippen LogP contribution is -1.89. The number of hydrogen-bond acceptors (Lipinski definition) is 1. The standard InChI is InChI=1S/C10H14O.C9H8/c1-3-8-5-6-10(11)7-9(8)4-2;1-3-9-7-5-4-6-8(9)2/h5-7,11H,3-4H2,1-2H3;1,4-7H,2H3. The van der Waals surface area contributed by atoms with Crippen molar-refractivity contribution >= 4 is 0 Å². The first-order valence-corrected chi connectivity index (χ1v) is 6.95. The van der Waals surface area contributed by atoms with Gasteiger partial charge in [-0.3, -0.25) is 0 Å². The number of phenolic OH excluding ortho intramolecular Hbond substituents is 1. The fourth-order valence-corrected chi connectivity index (χ4v) is 2.02. The molecule has 2 rings (SSSR count). The van der Waals surface area contributed by atoms with Crippen molar-refractivity contribution in [2.75, 3.05) is 0 Å². The lowest BCUT2D eigenvalue weighted by molar-refractivity contribution is 0.474. The zero-order valence-electron chi connectivity index (χ0n) is 12.5. The van der Waals surface area contributed by atoms with Crippen LogP contribution in [0.15, 0.2) is 42.5 Å². The molecule has 0 fully saturated rings. The smallest absolute Gasteiger partial charge is 0.115 e. The van der Waals surface area contributed by atoms with Crippen LogP contribution >= 0.6 is 0 Å². The van der Waals surface area contributed by atoms with Gasteiger partial charge in [0.05, 0.1) is 0 Å². The average Bonchev–Trinajstić information content (AvgIpc) is 2.48. The Hall–Kier alpha value is -2.20. The SMILES string of the molecule is C#Cc1ccccc1C.CCc1ccc(O)cc1CC. The molecule has 0 saturated heterocycles. The van der Waals surface area contributed by atoms with E-state index in [1.54, 1.807) is 6.07 Å². The lowest BCUT2D eigenvalue weighted by atomic mass is 10.0. The molecular formula is C19H22O. The van der Waals surface area contributed by atoms with Crippen LogP contribution in [0.3, 0.4) is 0 Å². The summed E-state index contributed by atoms with van der Waals surface area (Å²) in [6.45, 7) is 6.24. The molecule has 1 heteroatoms. The minimum Gasteiger partial charge on any atom is -0.508 e. The van der Waals surface area contributed by atoms with E-state index in [1.165, 1.54) is 16.7 Å². The second kappa shape index (κ2) is 8.07. The average molecular weight is 266 g/mol. The van der Waals surface area contributed by atoms with Crippen LogP contribution in [0.4, 0.5) is 0 Å². The van der Waals surface area contributed by atoms with Crippen molar-refractivity contribution < 1.29 is 5.11 Å². The van der Waals surface area contributed by atoms with Crippen LogP contribution in [0, 0.1) is 19.3 Å². The highest BCUT2D eigenvalue weighted by atomic mass is 16.3. The van der Waals surface area contributed by atoms with Crippen molar-refractivity contribution in [1.29, 1.82) is 0 Å². The highest BCUT2D eigenvalue weighted by Crippen LogP contribution is 2.17. The van der Waals surface area contributed by atoms with Crippen LogP contribution in [-0.4, -0.2) is 5.11 Å². The first kappa shape index (κ1) is 15.9. The van der Waals surface area contributed by atoms with Crippen molar-refractivity contribution in [1.82, 2.24) is 0 Å². The molecule has 0 atom stereocenters. The van der Waals surface area contributed by atoms with E-state index in [-0.39, 0.29) is 0 Å². The topological polar surface area (TPSA) is 20.2 Å². The van der Waals surface area contributed by atoms with Gasteiger partial charge >= 0.3 is 0 Å². The molecule has 104 valence electrons. The van der Waals surface area contributed by atoms with Crippen LogP contribution in [0.2, 0.25) is 0 Å². The largest absolute Gasteiger partial charge is 0.508 e. The molecule has 0 amide bonds. The van der Waals surface area contributed by atoms with Gasteiger partial charge in [0.25, 0.3) is 0 Å². The van der Waals surface area contributed by atoms with Gasteiger partial charge in [-0.05, 0) is 54.7 Å². The number of aryl methyl sites for hydroxylation is 3. The van der Waals surface area contributed by atoms with E-state index in [2.05, 4.69) is 19.8 Å². The molecule has 0 aromatic heterocycles. The molecule has 1 N–H and O–H groups in total. The molecule has 0 radical (unpaired) electrons. The van der Waals surface area contributed by atoms with Gasteiger partial charge in [0, 0.05) is 5.56 Å². The second-order valence-corrected chi connectivity index (χ2v) is 4.62. The van der Waals surface area contributed by atoms with Crippen LogP contribution in [0.5, 0.6) is 5.75 Å².